The van der Waals surface area contributed by atoms with Crippen molar-refractivity contribution in [3.63, 3.8) is 0 Å². The summed E-state index contributed by atoms with van der Waals surface area (Å²) in [5.74, 6) is 1.04. The van der Waals surface area contributed by atoms with Gasteiger partial charge in [0.2, 0.25) is 15.9 Å². The van der Waals surface area contributed by atoms with Crippen molar-refractivity contribution in [3.05, 3.63) is 18.2 Å². The van der Waals surface area contributed by atoms with Gasteiger partial charge < -0.3 is 20.1 Å². The van der Waals surface area contributed by atoms with Crippen LogP contribution in [0.4, 0.5) is 0 Å². The van der Waals surface area contributed by atoms with Crippen LogP contribution in [0.15, 0.2) is 23.1 Å². The van der Waals surface area contributed by atoms with E-state index in [1.165, 1.54) is 16.4 Å². The minimum atomic E-state index is -3.65. The predicted octanol–water partition coefficient (Wildman–Crippen LogP) is 0.420. The minimum absolute atomic E-state index is 0.0361. The lowest BCUT2D eigenvalue weighted by Crippen LogP contribution is -2.37. The first kappa shape index (κ1) is 18.9. The Labute approximate surface area is 153 Å². The molecule has 1 aromatic carbocycles. The number of rotatable bonds is 5. The third-order valence-corrected chi connectivity index (χ3v) is 6.45. The van der Waals surface area contributed by atoms with Crippen LogP contribution >= 0.6 is 0 Å². The van der Waals surface area contributed by atoms with Crippen LogP contribution in [0.2, 0.25) is 0 Å². The number of amides is 1. The highest BCUT2D eigenvalue weighted by molar-refractivity contribution is 7.89. The maximum atomic E-state index is 13.0. The second-order valence-electron chi connectivity index (χ2n) is 6.34. The van der Waals surface area contributed by atoms with E-state index in [0.717, 1.165) is 0 Å². The van der Waals surface area contributed by atoms with Gasteiger partial charge in [-0.2, -0.15) is 4.31 Å². The molecule has 2 aliphatic heterocycles. The Hall–Kier alpha value is -1.84. The van der Waals surface area contributed by atoms with E-state index in [1.807, 2.05) is 0 Å². The van der Waals surface area contributed by atoms with Gasteiger partial charge in [-0.15, -0.1) is 0 Å². The molecule has 1 amide bonds. The van der Waals surface area contributed by atoms with Crippen molar-refractivity contribution >= 4 is 15.9 Å². The van der Waals surface area contributed by atoms with Crippen LogP contribution in [0.5, 0.6) is 11.5 Å². The molecule has 0 spiro atoms. The van der Waals surface area contributed by atoms with E-state index in [-0.39, 0.29) is 17.3 Å². The number of nitrogens with zero attached hydrogens (tertiary/aromatic N) is 2. The van der Waals surface area contributed by atoms with E-state index in [2.05, 4.69) is 0 Å². The molecule has 0 radical (unpaired) electrons. The third-order valence-electron chi connectivity index (χ3n) is 4.55. The summed E-state index contributed by atoms with van der Waals surface area (Å²) < 4.78 is 38.3. The lowest BCUT2D eigenvalue weighted by molar-refractivity contribution is -0.131. The molecular formula is C17H25N3O5S. The number of carbonyl (C=O) groups excluding carboxylic acids is 1. The summed E-state index contributed by atoms with van der Waals surface area (Å²) in [5.41, 5.74) is 5.45. The fourth-order valence-corrected chi connectivity index (χ4v) is 4.61. The quantitative estimate of drug-likeness (QED) is 0.791. The molecule has 26 heavy (non-hydrogen) atoms. The SMILES string of the molecule is NCCCC(=O)N1CCCN(S(=O)(=O)c2ccc3c(c2)OCCO3)CC1. The Balaban J connectivity index is 1.71. The number of benzene rings is 1. The summed E-state index contributed by atoms with van der Waals surface area (Å²) >= 11 is 0. The van der Waals surface area contributed by atoms with Gasteiger partial charge in [-0.1, -0.05) is 0 Å². The number of nitrogens with two attached hydrogens (primary N) is 1. The minimum Gasteiger partial charge on any atom is -0.486 e. The summed E-state index contributed by atoms with van der Waals surface area (Å²) in [7, 11) is -3.65. The van der Waals surface area contributed by atoms with Gasteiger partial charge in [0.25, 0.3) is 0 Å². The molecule has 0 aromatic heterocycles. The van der Waals surface area contributed by atoms with Crippen molar-refractivity contribution < 1.29 is 22.7 Å². The molecule has 1 fully saturated rings. The predicted molar refractivity (Wildman–Crippen MR) is 95.7 cm³/mol. The number of fused-ring (bicyclic) bond motifs is 1. The van der Waals surface area contributed by atoms with Gasteiger partial charge in [0, 0.05) is 38.7 Å². The highest BCUT2D eigenvalue weighted by atomic mass is 32.2. The molecule has 0 atom stereocenters. The summed E-state index contributed by atoms with van der Waals surface area (Å²) in [6, 6.07) is 4.68. The van der Waals surface area contributed by atoms with Crippen LogP contribution in [0.25, 0.3) is 0 Å². The average Bonchev–Trinajstić information content (AvgIpc) is 2.92. The zero-order chi connectivity index (χ0) is 18.6. The number of hydrogen-bond donors (Lipinski definition) is 1. The Kier molecular flexibility index (Phi) is 6.00. The first-order valence-corrected chi connectivity index (χ1v) is 10.3. The molecular weight excluding hydrogens is 358 g/mol. The summed E-state index contributed by atoms with van der Waals surface area (Å²) in [6.45, 7) is 2.97. The van der Waals surface area contributed by atoms with Crippen molar-refractivity contribution in [2.24, 2.45) is 5.73 Å². The average molecular weight is 383 g/mol. The first-order valence-electron chi connectivity index (χ1n) is 8.90. The molecule has 1 aromatic rings. The van der Waals surface area contributed by atoms with Crippen molar-refractivity contribution in [2.45, 2.75) is 24.2 Å². The maximum Gasteiger partial charge on any atom is 0.243 e. The second-order valence-corrected chi connectivity index (χ2v) is 8.27. The van der Waals surface area contributed by atoms with Crippen molar-refractivity contribution in [3.8, 4) is 11.5 Å². The molecule has 1 saturated heterocycles. The lowest BCUT2D eigenvalue weighted by Gasteiger charge is -2.23. The topological polar surface area (TPSA) is 102 Å². The van der Waals surface area contributed by atoms with Gasteiger partial charge in [0.05, 0.1) is 4.90 Å². The molecule has 8 nitrogen and oxygen atoms in total. The van der Waals surface area contributed by atoms with Crippen molar-refractivity contribution in [1.82, 2.24) is 9.21 Å². The number of carbonyl (C=O) groups is 1. The largest absolute Gasteiger partial charge is 0.486 e. The van der Waals surface area contributed by atoms with E-state index in [4.69, 9.17) is 15.2 Å². The zero-order valence-electron chi connectivity index (χ0n) is 14.7. The van der Waals surface area contributed by atoms with Crippen molar-refractivity contribution in [2.75, 3.05) is 45.9 Å². The highest BCUT2D eigenvalue weighted by Crippen LogP contribution is 2.33. The molecule has 9 heteroatoms. The molecule has 0 saturated carbocycles. The Morgan fingerprint density at radius 2 is 1.85 bits per heavy atom. The summed E-state index contributed by atoms with van der Waals surface area (Å²) in [6.07, 6.45) is 1.66. The summed E-state index contributed by atoms with van der Waals surface area (Å²) in [4.78, 5) is 14.1. The fourth-order valence-electron chi connectivity index (χ4n) is 3.13. The summed E-state index contributed by atoms with van der Waals surface area (Å²) in [5, 5.41) is 0. The molecule has 0 aliphatic carbocycles. The monoisotopic (exact) mass is 383 g/mol. The molecule has 0 bridgehead atoms. The standard InChI is InChI=1S/C17H25N3O5S/c18-6-1-3-17(21)19-7-2-8-20(10-9-19)26(22,23)14-4-5-15-16(13-14)25-12-11-24-15/h4-5,13H,1-3,6-12,18H2. The molecule has 0 unspecified atom stereocenters. The Morgan fingerprint density at radius 3 is 2.62 bits per heavy atom. The van der Waals surface area contributed by atoms with Crippen LogP contribution < -0.4 is 15.2 Å². The van der Waals surface area contributed by atoms with Crippen LogP contribution in [0.3, 0.4) is 0 Å². The number of ether oxygens (including phenoxy) is 2. The maximum absolute atomic E-state index is 13.0. The van der Waals surface area contributed by atoms with Gasteiger partial charge in [-0.25, -0.2) is 8.42 Å². The Morgan fingerprint density at radius 1 is 1.08 bits per heavy atom. The van der Waals surface area contributed by atoms with Gasteiger partial charge in [0.15, 0.2) is 11.5 Å². The first-order chi connectivity index (χ1) is 12.5. The normalized spacial score (nSPS) is 18.4. The van der Waals surface area contributed by atoms with Crippen LogP contribution in [0, 0.1) is 0 Å². The Bertz CT molecular complexity index is 753. The number of sulfonamides is 1. The van der Waals surface area contributed by atoms with Crippen LogP contribution in [-0.2, 0) is 14.8 Å². The second kappa shape index (κ2) is 8.24. The van der Waals surface area contributed by atoms with E-state index in [9.17, 15) is 13.2 Å². The van der Waals surface area contributed by atoms with Crippen LogP contribution in [-0.4, -0.2) is 69.5 Å². The smallest absolute Gasteiger partial charge is 0.243 e. The van der Waals surface area contributed by atoms with E-state index in [0.29, 0.717) is 70.2 Å². The molecule has 144 valence electrons. The van der Waals surface area contributed by atoms with E-state index in [1.54, 1.807) is 11.0 Å². The molecule has 3 rings (SSSR count). The highest BCUT2D eigenvalue weighted by Gasteiger charge is 2.29. The van der Waals surface area contributed by atoms with E-state index < -0.39 is 10.0 Å². The van der Waals surface area contributed by atoms with Gasteiger partial charge in [-0.3, -0.25) is 4.79 Å². The fraction of sp³-hybridized carbons (Fsp3) is 0.588. The third kappa shape index (κ3) is 4.11. The van der Waals surface area contributed by atoms with E-state index >= 15 is 0 Å². The lowest BCUT2D eigenvalue weighted by atomic mass is 10.2. The molecule has 2 N–H and O–H groups in total. The number of hydrogen-bond acceptors (Lipinski definition) is 6. The van der Waals surface area contributed by atoms with Gasteiger partial charge in [0.1, 0.15) is 13.2 Å². The van der Waals surface area contributed by atoms with Gasteiger partial charge >= 0.3 is 0 Å². The van der Waals surface area contributed by atoms with Crippen molar-refractivity contribution in [1.29, 1.82) is 0 Å². The zero-order valence-corrected chi connectivity index (χ0v) is 15.5. The van der Waals surface area contributed by atoms with Crippen LogP contribution in [0.1, 0.15) is 19.3 Å². The molecule has 2 heterocycles. The molecule has 2 aliphatic rings. The van der Waals surface area contributed by atoms with Gasteiger partial charge in [-0.05, 0) is 31.5 Å².